The standard InChI is InChI=1S/C16H10N2O6/c19-15-13-6-5-12(7-9(13)8-17-14(15)16(20)21)24-11-3-1-10(2-4-11)18(22)23/h1-8,19H,(H,20,21). The van der Waals surface area contributed by atoms with Crippen LogP contribution in [0.3, 0.4) is 0 Å². The van der Waals surface area contributed by atoms with Crippen molar-refractivity contribution in [2.24, 2.45) is 0 Å². The summed E-state index contributed by atoms with van der Waals surface area (Å²) in [6, 6.07) is 10.2. The van der Waals surface area contributed by atoms with Crippen molar-refractivity contribution in [1.29, 1.82) is 0 Å². The number of hydrogen-bond acceptors (Lipinski definition) is 6. The molecule has 3 rings (SSSR count). The number of nitro benzene ring substituents is 1. The zero-order valence-electron chi connectivity index (χ0n) is 12.0. The molecule has 1 aromatic heterocycles. The molecule has 3 aromatic rings. The van der Waals surface area contributed by atoms with E-state index in [9.17, 15) is 20.0 Å². The van der Waals surface area contributed by atoms with E-state index in [1.54, 1.807) is 12.1 Å². The first-order chi connectivity index (χ1) is 11.5. The molecule has 0 aliphatic carbocycles. The molecule has 120 valence electrons. The van der Waals surface area contributed by atoms with Gasteiger partial charge in [0, 0.05) is 29.1 Å². The lowest BCUT2D eigenvalue weighted by Crippen LogP contribution is -2.00. The van der Waals surface area contributed by atoms with Crippen LogP contribution in [-0.4, -0.2) is 26.1 Å². The summed E-state index contributed by atoms with van der Waals surface area (Å²) < 4.78 is 5.59. The van der Waals surface area contributed by atoms with Gasteiger partial charge in [-0.2, -0.15) is 0 Å². The summed E-state index contributed by atoms with van der Waals surface area (Å²) in [5, 5.41) is 30.3. The Hall–Kier alpha value is -3.68. The molecule has 0 saturated carbocycles. The molecule has 24 heavy (non-hydrogen) atoms. The number of aromatic hydroxyl groups is 1. The first kappa shape index (κ1) is 15.2. The van der Waals surface area contributed by atoms with Gasteiger partial charge >= 0.3 is 5.97 Å². The number of ether oxygens (including phenoxy) is 1. The van der Waals surface area contributed by atoms with Gasteiger partial charge in [-0.3, -0.25) is 10.1 Å². The number of nitro groups is 1. The second kappa shape index (κ2) is 5.84. The first-order valence-corrected chi connectivity index (χ1v) is 6.73. The normalized spacial score (nSPS) is 10.5. The maximum Gasteiger partial charge on any atom is 0.358 e. The fourth-order valence-electron chi connectivity index (χ4n) is 2.18. The van der Waals surface area contributed by atoms with Crippen molar-refractivity contribution < 1.29 is 24.7 Å². The van der Waals surface area contributed by atoms with Gasteiger partial charge in [-0.1, -0.05) is 0 Å². The van der Waals surface area contributed by atoms with E-state index < -0.39 is 22.3 Å². The predicted molar refractivity (Wildman–Crippen MR) is 83.5 cm³/mol. The number of carbonyl (C=O) groups is 1. The maximum absolute atomic E-state index is 11.0. The van der Waals surface area contributed by atoms with Crippen LogP contribution in [-0.2, 0) is 0 Å². The van der Waals surface area contributed by atoms with Crippen molar-refractivity contribution in [3.05, 3.63) is 64.5 Å². The number of non-ortho nitro benzene ring substituents is 1. The summed E-state index contributed by atoms with van der Waals surface area (Å²) in [6.07, 6.45) is 1.32. The van der Waals surface area contributed by atoms with E-state index in [2.05, 4.69) is 4.98 Å². The van der Waals surface area contributed by atoms with Crippen LogP contribution in [0.25, 0.3) is 10.8 Å². The van der Waals surface area contributed by atoms with E-state index in [0.717, 1.165) is 0 Å². The summed E-state index contributed by atoms with van der Waals surface area (Å²) >= 11 is 0. The summed E-state index contributed by atoms with van der Waals surface area (Å²) in [6.45, 7) is 0. The third-order valence-electron chi connectivity index (χ3n) is 3.32. The van der Waals surface area contributed by atoms with Crippen molar-refractivity contribution in [1.82, 2.24) is 4.98 Å². The van der Waals surface area contributed by atoms with Crippen LogP contribution in [0.4, 0.5) is 5.69 Å². The number of hydrogen-bond donors (Lipinski definition) is 2. The summed E-state index contributed by atoms with van der Waals surface area (Å²) in [7, 11) is 0. The minimum absolute atomic E-state index is 0.0452. The zero-order chi connectivity index (χ0) is 17.3. The number of aromatic nitrogens is 1. The van der Waals surface area contributed by atoms with E-state index in [0.29, 0.717) is 22.3 Å². The van der Waals surface area contributed by atoms with Gasteiger partial charge in [0.05, 0.1) is 4.92 Å². The summed E-state index contributed by atoms with van der Waals surface area (Å²) in [5.41, 5.74) is -0.470. The number of pyridine rings is 1. The van der Waals surface area contributed by atoms with Gasteiger partial charge in [0.15, 0.2) is 11.4 Å². The van der Waals surface area contributed by atoms with Gasteiger partial charge in [-0.05, 0) is 30.3 Å². The first-order valence-electron chi connectivity index (χ1n) is 6.73. The van der Waals surface area contributed by atoms with Crippen LogP contribution >= 0.6 is 0 Å². The number of nitrogens with zero attached hydrogens (tertiary/aromatic N) is 2. The average Bonchev–Trinajstić information content (AvgIpc) is 2.55. The van der Waals surface area contributed by atoms with Crippen LogP contribution in [0.1, 0.15) is 10.5 Å². The highest BCUT2D eigenvalue weighted by Gasteiger charge is 2.15. The molecule has 0 aliphatic heterocycles. The van der Waals surface area contributed by atoms with Crippen LogP contribution < -0.4 is 4.74 Å². The van der Waals surface area contributed by atoms with Crippen molar-refractivity contribution in [3.63, 3.8) is 0 Å². The molecule has 0 spiro atoms. The van der Waals surface area contributed by atoms with Crippen molar-refractivity contribution in [2.75, 3.05) is 0 Å². The largest absolute Gasteiger partial charge is 0.505 e. The highest BCUT2D eigenvalue weighted by molar-refractivity contribution is 5.98. The van der Waals surface area contributed by atoms with Gasteiger partial charge in [-0.25, -0.2) is 9.78 Å². The van der Waals surface area contributed by atoms with Crippen LogP contribution in [0.15, 0.2) is 48.7 Å². The molecule has 0 aliphatic rings. The molecule has 0 atom stereocenters. The lowest BCUT2D eigenvalue weighted by molar-refractivity contribution is -0.384. The highest BCUT2D eigenvalue weighted by atomic mass is 16.6. The molecule has 2 aromatic carbocycles. The van der Waals surface area contributed by atoms with Crippen LogP contribution in [0.2, 0.25) is 0 Å². The molecule has 0 unspecified atom stereocenters. The van der Waals surface area contributed by atoms with Gasteiger partial charge in [0.25, 0.3) is 5.69 Å². The van der Waals surface area contributed by atoms with Gasteiger partial charge in [0.1, 0.15) is 11.5 Å². The van der Waals surface area contributed by atoms with Gasteiger partial charge in [0.2, 0.25) is 0 Å². The minimum Gasteiger partial charge on any atom is -0.505 e. The Balaban J connectivity index is 1.92. The van der Waals surface area contributed by atoms with Crippen molar-refractivity contribution in [2.45, 2.75) is 0 Å². The molecule has 0 radical (unpaired) electrons. The summed E-state index contributed by atoms with van der Waals surface area (Å²) in [4.78, 5) is 24.8. The van der Waals surface area contributed by atoms with Crippen molar-refractivity contribution in [3.8, 4) is 17.2 Å². The van der Waals surface area contributed by atoms with E-state index in [1.165, 1.54) is 36.5 Å². The van der Waals surface area contributed by atoms with E-state index in [4.69, 9.17) is 9.84 Å². The van der Waals surface area contributed by atoms with Gasteiger partial charge in [-0.15, -0.1) is 0 Å². The Kier molecular flexibility index (Phi) is 3.70. The number of carboxylic acid groups (broad SMARTS) is 1. The number of fused-ring (bicyclic) bond motifs is 1. The molecular weight excluding hydrogens is 316 g/mol. The number of carboxylic acids is 1. The minimum atomic E-state index is -1.32. The van der Waals surface area contributed by atoms with Crippen molar-refractivity contribution >= 4 is 22.4 Å². The second-order valence-electron chi connectivity index (χ2n) is 4.86. The second-order valence-corrected chi connectivity index (χ2v) is 4.86. The Morgan fingerprint density at radius 3 is 2.42 bits per heavy atom. The molecule has 8 heteroatoms. The maximum atomic E-state index is 11.0. The quantitative estimate of drug-likeness (QED) is 0.556. The predicted octanol–water partition coefficient (Wildman–Crippen LogP) is 3.34. The molecule has 8 nitrogen and oxygen atoms in total. The molecule has 0 saturated heterocycles. The fraction of sp³-hybridized carbons (Fsp3) is 0. The molecule has 0 amide bonds. The Morgan fingerprint density at radius 2 is 1.79 bits per heavy atom. The number of aromatic carboxylic acids is 1. The Bertz CT molecular complexity index is 953. The number of rotatable bonds is 4. The van der Waals surface area contributed by atoms with Crippen LogP contribution in [0.5, 0.6) is 17.2 Å². The Labute approximate surface area is 134 Å². The van der Waals surface area contributed by atoms with E-state index in [1.807, 2.05) is 0 Å². The monoisotopic (exact) mass is 326 g/mol. The molecule has 1 heterocycles. The highest BCUT2D eigenvalue weighted by Crippen LogP contribution is 2.31. The topological polar surface area (TPSA) is 123 Å². The Morgan fingerprint density at radius 1 is 1.12 bits per heavy atom. The molecular formula is C16H10N2O6. The number of benzene rings is 2. The summed E-state index contributed by atoms with van der Waals surface area (Å²) in [5.74, 6) is -0.914. The smallest absolute Gasteiger partial charge is 0.358 e. The van der Waals surface area contributed by atoms with E-state index in [-0.39, 0.29) is 5.69 Å². The average molecular weight is 326 g/mol. The fourth-order valence-corrected chi connectivity index (χ4v) is 2.18. The zero-order valence-corrected chi connectivity index (χ0v) is 12.0. The van der Waals surface area contributed by atoms with Crippen LogP contribution in [0, 0.1) is 10.1 Å². The lowest BCUT2D eigenvalue weighted by Gasteiger charge is -2.08. The van der Waals surface area contributed by atoms with Gasteiger partial charge < -0.3 is 14.9 Å². The van der Waals surface area contributed by atoms with E-state index >= 15 is 0 Å². The SMILES string of the molecule is O=C(O)c1ncc2cc(Oc3ccc([N+](=O)[O-])cc3)ccc2c1O. The molecule has 0 bridgehead atoms. The lowest BCUT2D eigenvalue weighted by atomic mass is 10.1. The third-order valence-corrected chi connectivity index (χ3v) is 3.32. The molecule has 0 fully saturated rings. The third kappa shape index (κ3) is 2.80. The molecule has 2 N–H and O–H groups in total.